The lowest BCUT2D eigenvalue weighted by atomic mass is 9.99. The normalized spacial score (nSPS) is 15.8. The molecule has 2 heterocycles. The number of nitriles is 1. The van der Waals surface area contributed by atoms with Crippen molar-refractivity contribution in [2.45, 2.75) is 31.7 Å². The molecule has 1 atom stereocenters. The van der Waals surface area contributed by atoms with E-state index in [9.17, 15) is 23.5 Å². The zero-order valence-electron chi connectivity index (χ0n) is 17.1. The summed E-state index contributed by atoms with van der Waals surface area (Å²) in [5.41, 5.74) is -0.581. The van der Waals surface area contributed by atoms with E-state index >= 15 is 0 Å². The molecule has 2 aromatic rings. The number of phenolic OH excluding ortho intramolecular Hbond substituents is 1. The molecule has 1 unspecified atom stereocenters. The molecular formula is C20H22F3N5O4. The van der Waals surface area contributed by atoms with Gasteiger partial charge in [0.1, 0.15) is 11.8 Å². The number of piperidine rings is 1. The maximum Gasteiger partial charge on any atom is 0.416 e. The summed E-state index contributed by atoms with van der Waals surface area (Å²) >= 11 is 0. The van der Waals surface area contributed by atoms with E-state index in [1.54, 1.807) is 0 Å². The number of rotatable bonds is 5. The first kappa shape index (κ1) is 24.8. The van der Waals surface area contributed by atoms with Crippen molar-refractivity contribution in [3.63, 3.8) is 0 Å². The number of nitrogens with one attached hydrogen (secondary N) is 2. The fourth-order valence-corrected chi connectivity index (χ4v) is 3.29. The number of methoxy groups -OCH3 is 1. The van der Waals surface area contributed by atoms with Crippen molar-refractivity contribution in [3.8, 4) is 23.1 Å². The van der Waals surface area contributed by atoms with Crippen molar-refractivity contribution in [2.24, 2.45) is 0 Å². The molecule has 1 saturated heterocycles. The molecule has 1 aromatic carbocycles. The molecule has 0 amide bonds. The zero-order chi connectivity index (χ0) is 23.7. The van der Waals surface area contributed by atoms with E-state index in [-0.39, 0.29) is 41.5 Å². The fourth-order valence-electron chi connectivity index (χ4n) is 3.29. The highest BCUT2D eigenvalue weighted by molar-refractivity contribution is 5.73. The van der Waals surface area contributed by atoms with E-state index in [0.29, 0.717) is 11.9 Å². The van der Waals surface area contributed by atoms with Crippen LogP contribution >= 0.6 is 0 Å². The van der Waals surface area contributed by atoms with E-state index in [1.165, 1.54) is 13.2 Å². The molecule has 1 fully saturated rings. The van der Waals surface area contributed by atoms with Crippen LogP contribution in [0.15, 0.2) is 18.2 Å². The Morgan fingerprint density at radius 2 is 2.09 bits per heavy atom. The third kappa shape index (κ3) is 6.29. The van der Waals surface area contributed by atoms with E-state index < -0.39 is 17.5 Å². The monoisotopic (exact) mass is 453 g/mol. The summed E-state index contributed by atoms with van der Waals surface area (Å²) < 4.78 is 44.2. The minimum Gasteiger partial charge on any atom is -0.507 e. The van der Waals surface area contributed by atoms with Crippen LogP contribution in [0.3, 0.4) is 0 Å². The Hall–Kier alpha value is -3.43. The van der Waals surface area contributed by atoms with Crippen LogP contribution in [0, 0.1) is 11.3 Å². The number of carbonyl (C=O) groups is 1. The number of halogens is 3. The van der Waals surface area contributed by atoms with Crippen LogP contribution in [-0.2, 0) is 22.3 Å². The predicted molar refractivity (Wildman–Crippen MR) is 108 cm³/mol. The third-order valence-corrected chi connectivity index (χ3v) is 4.63. The number of aromatic hydroxyl groups is 1. The Balaban J connectivity index is 0.00000114. The molecule has 1 aliphatic heterocycles. The molecule has 1 aromatic heterocycles. The van der Waals surface area contributed by atoms with Crippen molar-refractivity contribution < 1.29 is 32.9 Å². The quantitative estimate of drug-likeness (QED) is 0.503. The van der Waals surface area contributed by atoms with Gasteiger partial charge in [-0.15, -0.1) is 10.2 Å². The molecule has 0 bridgehead atoms. The van der Waals surface area contributed by atoms with Gasteiger partial charge in [-0.3, -0.25) is 4.79 Å². The molecule has 0 spiro atoms. The minimum atomic E-state index is -4.62. The summed E-state index contributed by atoms with van der Waals surface area (Å²) in [6.45, 7) is 1.24. The molecule has 4 N–H and O–H groups in total. The van der Waals surface area contributed by atoms with Crippen molar-refractivity contribution in [3.05, 3.63) is 34.9 Å². The summed E-state index contributed by atoms with van der Waals surface area (Å²) in [6.07, 6.45) is -2.71. The number of alkyl halides is 3. The van der Waals surface area contributed by atoms with Gasteiger partial charge in [-0.05, 0) is 43.1 Å². The minimum absolute atomic E-state index is 0.0507. The molecule has 32 heavy (non-hydrogen) atoms. The van der Waals surface area contributed by atoms with Crippen LogP contribution in [0.1, 0.15) is 29.5 Å². The number of carboxylic acid groups (broad SMARTS) is 1. The standard InChI is InChI=1S/C19H20F3N5O2.CH2O2/c1-29-10-12-5-13(19(20,21)22)7-16(28)17(12)15-6-11(8-23)18(27-26-15)25-14-3-2-4-24-9-14;2-1-3/h5-7,14,24,28H,2-4,9-10H2,1H3,(H,25,27);1H,(H,2,3). The van der Waals surface area contributed by atoms with Crippen LogP contribution in [0.25, 0.3) is 11.3 Å². The number of aromatic nitrogens is 2. The number of hydrogen-bond acceptors (Lipinski definition) is 8. The maximum absolute atomic E-state index is 13.1. The Morgan fingerprint density at radius 3 is 2.66 bits per heavy atom. The Labute approximate surface area is 181 Å². The molecule has 0 aliphatic carbocycles. The van der Waals surface area contributed by atoms with Crippen LogP contribution in [0.5, 0.6) is 5.75 Å². The van der Waals surface area contributed by atoms with E-state index in [1.807, 2.05) is 6.07 Å². The van der Waals surface area contributed by atoms with Gasteiger partial charge in [0.15, 0.2) is 5.82 Å². The molecule has 0 saturated carbocycles. The van der Waals surface area contributed by atoms with Crippen LogP contribution < -0.4 is 10.6 Å². The second kappa shape index (κ2) is 11.3. The molecule has 172 valence electrons. The highest BCUT2D eigenvalue weighted by Crippen LogP contribution is 2.39. The fraction of sp³-hybridized carbons (Fsp3) is 0.400. The Morgan fingerprint density at radius 1 is 1.38 bits per heavy atom. The third-order valence-electron chi connectivity index (χ3n) is 4.63. The average Bonchev–Trinajstić information content (AvgIpc) is 2.75. The van der Waals surface area contributed by atoms with Gasteiger partial charge in [0.05, 0.1) is 23.4 Å². The van der Waals surface area contributed by atoms with Crippen molar-refractivity contribution in [2.75, 3.05) is 25.5 Å². The second-order valence-corrected chi connectivity index (χ2v) is 6.86. The summed E-state index contributed by atoms with van der Waals surface area (Å²) in [5, 5.41) is 41.2. The zero-order valence-corrected chi connectivity index (χ0v) is 17.1. The van der Waals surface area contributed by atoms with Crippen LogP contribution in [0.4, 0.5) is 19.0 Å². The topological polar surface area (TPSA) is 140 Å². The molecule has 1 aliphatic rings. The SMILES string of the molecule is COCc1cc(C(F)(F)F)cc(O)c1-c1cc(C#N)c(NC2CCCNC2)nn1.O=CO. The number of phenols is 1. The second-order valence-electron chi connectivity index (χ2n) is 6.86. The first-order valence-corrected chi connectivity index (χ1v) is 9.50. The summed E-state index contributed by atoms with van der Waals surface area (Å²) in [6, 6.07) is 5.04. The molecule has 12 heteroatoms. The lowest BCUT2D eigenvalue weighted by Crippen LogP contribution is -2.38. The smallest absolute Gasteiger partial charge is 0.416 e. The summed E-state index contributed by atoms with van der Waals surface area (Å²) in [7, 11) is 1.33. The van der Waals surface area contributed by atoms with Gasteiger partial charge in [0.2, 0.25) is 0 Å². The van der Waals surface area contributed by atoms with Crippen molar-refractivity contribution in [1.82, 2.24) is 15.5 Å². The van der Waals surface area contributed by atoms with Gasteiger partial charge in [-0.2, -0.15) is 18.4 Å². The lowest BCUT2D eigenvalue weighted by molar-refractivity contribution is -0.137. The van der Waals surface area contributed by atoms with E-state index in [4.69, 9.17) is 14.6 Å². The van der Waals surface area contributed by atoms with Gasteiger partial charge in [0, 0.05) is 25.3 Å². The van der Waals surface area contributed by atoms with Gasteiger partial charge in [-0.1, -0.05) is 0 Å². The first-order chi connectivity index (χ1) is 15.2. The number of benzene rings is 1. The van der Waals surface area contributed by atoms with Crippen molar-refractivity contribution in [1.29, 1.82) is 5.26 Å². The van der Waals surface area contributed by atoms with Crippen LogP contribution in [0.2, 0.25) is 0 Å². The Bertz CT molecular complexity index is 973. The molecule has 3 rings (SSSR count). The highest BCUT2D eigenvalue weighted by atomic mass is 19.4. The molecule has 0 radical (unpaired) electrons. The highest BCUT2D eigenvalue weighted by Gasteiger charge is 2.33. The lowest BCUT2D eigenvalue weighted by Gasteiger charge is -2.24. The first-order valence-electron chi connectivity index (χ1n) is 9.50. The summed E-state index contributed by atoms with van der Waals surface area (Å²) in [5.74, 6) is -0.313. The predicted octanol–water partition coefficient (Wildman–Crippen LogP) is 2.75. The molecule has 9 nitrogen and oxygen atoms in total. The van der Waals surface area contributed by atoms with E-state index in [0.717, 1.165) is 32.0 Å². The summed E-state index contributed by atoms with van der Waals surface area (Å²) in [4.78, 5) is 8.36. The van der Waals surface area contributed by atoms with Gasteiger partial charge in [0.25, 0.3) is 6.47 Å². The van der Waals surface area contributed by atoms with Gasteiger partial charge >= 0.3 is 6.18 Å². The molecular weight excluding hydrogens is 431 g/mol. The number of anilines is 1. The Kier molecular flexibility index (Phi) is 8.74. The number of ether oxygens (including phenoxy) is 1. The number of nitrogens with zero attached hydrogens (tertiary/aromatic N) is 3. The van der Waals surface area contributed by atoms with Gasteiger partial charge in [-0.25, -0.2) is 0 Å². The maximum atomic E-state index is 13.1. The van der Waals surface area contributed by atoms with E-state index in [2.05, 4.69) is 20.8 Å². The van der Waals surface area contributed by atoms with Gasteiger partial charge < -0.3 is 25.6 Å². The largest absolute Gasteiger partial charge is 0.507 e. The van der Waals surface area contributed by atoms with Crippen LogP contribution in [-0.4, -0.2) is 53.1 Å². The van der Waals surface area contributed by atoms with Crippen molar-refractivity contribution >= 4 is 12.3 Å². The average molecular weight is 453 g/mol. The number of hydrogen-bond donors (Lipinski definition) is 4.